The standard InChI is InChI=1S/C16H15BrN2O5/c1-10(16(20)18-12-5-3-11(17)4-6-12)24-15-9-13(19(21)22)7-8-14(15)23-2/h3-10H,1-2H3,(H,18,20)/t10-/m1/s1. The molecule has 0 saturated heterocycles. The first-order chi connectivity index (χ1) is 11.4. The lowest BCUT2D eigenvalue weighted by molar-refractivity contribution is -0.385. The number of anilines is 1. The summed E-state index contributed by atoms with van der Waals surface area (Å²) in [6.45, 7) is 1.55. The molecule has 1 N–H and O–H groups in total. The van der Waals surface area contributed by atoms with E-state index < -0.39 is 11.0 Å². The van der Waals surface area contributed by atoms with Crippen molar-refractivity contribution in [1.82, 2.24) is 0 Å². The zero-order valence-electron chi connectivity index (χ0n) is 13.0. The minimum absolute atomic E-state index is 0.130. The molecule has 0 saturated carbocycles. The molecule has 0 unspecified atom stereocenters. The van der Waals surface area contributed by atoms with Crippen LogP contribution in [0.5, 0.6) is 11.5 Å². The highest BCUT2D eigenvalue weighted by Gasteiger charge is 2.19. The van der Waals surface area contributed by atoms with E-state index in [0.29, 0.717) is 11.4 Å². The number of hydrogen-bond donors (Lipinski definition) is 1. The second-order valence-corrected chi connectivity index (χ2v) is 5.76. The van der Waals surface area contributed by atoms with Crippen LogP contribution in [0.4, 0.5) is 11.4 Å². The van der Waals surface area contributed by atoms with E-state index in [9.17, 15) is 14.9 Å². The van der Waals surface area contributed by atoms with Gasteiger partial charge in [-0.1, -0.05) is 15.9 Å². The Bertz CT molecular complexity index is 749. The van der Waals surface area contributed by atoms with Crippen LogP contribution in [-0.2, 0) is 4.79 Å². The van der Waals surface area contributed by atoms with Crippen LogP contribution in [0, 0.1) is 10.1 Å². The van der Waals surface area contributed by atoms with E-state index in [-0.39, 0.29) is 17.3 Å². The Kier molecular flexibility index (Phi) is 5.75. The molecule has 8 heteroatoms. The van der Waals surface area contributed by atoms with Crippen molar-refractivity contribution in [2.24, 2.45) is 0 Å². The predicted molar refractivity (Wildman–Crippen MR) is 92.5 cm³/mol. The minimum Gasteiger partial charge on any atom is -0.493 e. The Morgan fingerprint density at radius 1 is 1.21 bits per heavy atom. The number of nitrogens with zero attached hydrogens (tertiary/aromatic N) is 1. The quantitative estimate of drug-likeness (QED) is 0.594. The SMILES string of the molecule is COc1ccc([N+](=O)[O-])cc1O[C@H](C)C(=O)Nc1ccc(Br)cc1. The fraction of sp³-hybridized carbons (Fsp3) is 0.188. The monoisotopic (exact) mass is 394 g/mol. The van der Waals surface area contributed by atoms with Crippen molar-refractivity contribution < 1.29 is 19.2 Å². The first kappa shape index (κ1) is 17.7. The van der Waals surface area contributed by atoms with Crippen LogP contribution in [0.2, 0.25) is 0 Å². The molecule has 0 heterocycles. The smallest absolute Gasteiger partial charge is 0.273 e. The number of hydrogen-bond acceptors (Lipinski definition) is 5. The lowest BCUT2D eigenvalue weighted by atomic mass is 10.2. The number of nitro groups is 1. The van der Waals surface area contributed by atoms with Crippen LogP contribution in [0.1, 0.15) is 6.92 Å². The highest BCUT2D eigenvalue weighted by Crippen LogP contribution is 2.32. The first-order valence-corrected chi connectivity index (χ1v) is 7.75. The molecule has 0 aliphatic carbocycles. The molecular formula is C16H15BrN2O5. The van der Waals surface area contributed by atoms with Gasteiger partial charge in [-0.15, -0.1) is 0 Å². The molecule has 1 atom stereocenters. The topological polar surface area (TPSA) is 90.7 Å². The maximum atomic E-state index is 12.2. The van der Waals surface area contributed by atoms with Crippen molar-refractivity contribution >= 4 is 33.2 Å². The molecular weight excluding hydrogens is 380 g/mol. The normalized spacial score (nSPS) is 11.5. The van der Waals surface area contributed by atoms with Gasteiger partial charge in [0.1, 0.15) is 0 Å². The number of nitro benzene ring substituents is 1. The summed E-state index contributed by atoms with van der Waals surface area (Å²) < 4.78 is 11.5. The van der Waals surface area contributed by atoms with E-state index >= 15 is 0 Å². The summed E-state index contributed by atoms with van der Waals surface area (Å²) in [4.78, 5) is 22.5. The maximum absolute atomic E-state index is 12.2. The van der Waals surface area contributed by atoms with Gasteiger partial charge < -0.3 is 14.8 Å². The molecule has 2 aromatic carbocycles. The molecule has 0 spiro atoms. The second kappa shape index (κ2) is 7.78. The lowest BCUT2D eigenvalue weighted by Crippen LogP contribution is -2.30. The number of benzene rings is 2. The molecule has 7 nitrogen and oxygen atoms in total. The van der Waals surface area contributed by atoms with Gasteiger partial charge in [0.15, 0.2) is 17.6 Å². The second-order valence-electron chi connectivity index (χ2n) is 4.85. The van der Waals surface area contributed by atoms with Crippen molar-refractivity contribution in [3.05, 3.63) is 57.1 Å². The highest BCUT2D eigenvalue weighted by atomic mass is 79.9. The molecule has 0 bridgehead atoms. The number of amides is 1. The van der Waals surface area contributed by atoms with Crippen LogP contribution in [-0.4, -0.2) is 24.0 Å². The third-order valence-corrected chi connectivity index (χ3v) is 3.67. The van der Waals surface area contributed by atoms with E-state index in [0.717, 1.165) is 4.47 Å². The van der Waals surface area contributed by atoms with Crippen LogP contribution < -0.4 is 14.8 Å². The summed E-state index contributed by atoms with van der Waals surface area (Å²) in [7, 11) is 1.42. The van der Waals surface area contributed by atoms with E-state index in [1.54, 1.807) is 31.2 Å². The van der Waals surface area contributed by atoms with Crippen molar-refractivity contribution in [1.29, 1.82) is 0 Å². The Balaban J connectivity index is 2.11. The van der Waals surface area contributed by atoms with Gasteiger partial charge in [0.2, 0.25) is 0 Å². The summed E-state index contributed by atoms with van der Waals surface area (Å²) in [5.74, 6) is 0.0555. The van der Waals surface area contributed by atoms with E-state index in [1.807, 2.05) is 0 Å². The minimum atomic E-state index is -0.871. The molecule has 0 fully saturated rings. The zero-order valence-corrected chi connectivity index (χ0v) is 14.6. The first-order valence-electron chi connectivity index (χ1n) is 6.96. The molecule has 0 radical (unpaired) electrons. The fourth-order valence-electron chi connectivity index (χ4n) is 1.89. The average molecular weight is 395 g/mol. The Labute approximate surface area is 146 Å². The van der Waals surface area contributed by atoms with Crippen molar-refractivity contribution in [3.8, 4) is 11.5 Å². The van der Waals surface area contributed by atoms with Gasteiger partial charge in [0.25, 0.3) is 11.6 Å². The Hall–Kier alpha value is -2.61. The summed E-state index contributed by atoms with van der Waals surface area (Å²) in [6, 6.07) is 11.0. The van der Waals surface area contributed by atoms with Crippen molar-refractivity contribution in [3.63, 3.8) is 0 Å². The molecule has 0 aromatic heterocycles. The molecule has 0 aliphatic heterocycles. The summed E-state index contributed by atoms with van der Waals surface area (Å²) in [5, 5.41) is 13.6. The number of nitrogens with one attached hydrogen (secondary N) is 1. The molecule has 2 aromatic rings. The average Bonchev–Trinajstić information content (AvgIpc) is 2.56. The highest BCUT2D eigenvalue weighted by molar-refractivity contribution is 9.10. The number of non-ortho nitro benzene ring substituents is 1. The molecule has 2 rings (SSSR count). The van der Waals surface area contributed by atoms with Gasteiger partial charge in [-0.2, -0.15) is 0 Å². The predicted octanol–water partition coefficient (Wildman–Crippen LogP) is 3.77. The van der Waals surface area contributed by atoms with Gasteiger partial charge in [-0.3, -0.25) is 14.9 Å². The summed E-state index contributed by atoms with van der Waals surface area (Å²) in [5.41, 5.74) is 0.468. The third kappa shape index (κ3) is 4.45. The van der Waals surface area contributed by atoms with E-state index in [1.165, 1.54) is 25.3 Å². The van der Waals surface area contributed by atoms with E-state index in [4.69, 9.17) is 9.47 Å². The number of carbonyl (C=O) groups is 1. The number of rotatable bonds is 6. The van der Waals surface area contributed by atoms with Gasteiger partial charge in [-0.25, -0.2) is 0 Å². The van der Waals surface area contributed by atoms with Crippen LogP contribution in [0.15, 0.2) is 46.9 Å². The van der Waals surface area contributed by atoms with Crippen LogP contribution in [0.25, 0.3) is 0 Å². The van der Waals surface area contributed by atoms with Gasteiger partial charge in [-0.05, 0) is 37.3 Å². The Morgan fingerprint density at radius 3 is 2.46 bits per heavy atom. The fourth-order valence-corrected chi connectivity index (χ4v) is 2.16. The lowest BCUT2D eigenvalue weighted by Gasteiger charge is -2.16. The largest absolute Gasteiger partial charge is 0.493 e. The van der Waals surface area contributed by atoms with Crippen molar-refractivity contribution in [2.75, 3.05) is 12.4 Å². The number of halogens is 1. The number of carbonyl (C=O) groups excluding carboxylic acids is 1. The van der Waals surface area contributed by atoms with Crippen LogP contribution >= 0.6 is 15.9 Å². The summed E-state index contributed by atoms with van der Waals surface area (Å²) in [6.07, 6.45) is -0.871. The van der Waals surface area contributed by atoms with Gasteiger partial charge in [0.05, 0.1) is 18.1 Å². The Morgan fingerprint density at radius 2 is 1.88 bits per heavy atom. The molecule has 1 amide bonds. The molecule has 126 valence electrons. The van der Waals surface area contributed by atoms with Gasteiger partial charge in [0, 0.05) is 16.2 Å². The maximum Gasteiger partial charge on any atom is 0.273 e. The van der Waals surface area contributed by atoms with Crippen molar-refractivity contribution in [2.45, 2.75) is 13.0 Å². The molecule has 0 aliphatic rings. The van der Waals surface area contributed by atoms with Gasteiger partial charge >= 0.3 is 0 Å². The van der Waals surface area contributed by atoms with Crippen LogP contribution in [0.3, 0.4) is 0 Å². The van der Waals surface area contributed by atoms with E-state index in [2.05, 4.69) is 21.2 Å². The number of methoxy groups -OCH3 is 1. The third-order valence-electron chi connectivity index (χ3n) is 3.14. The summed E-state index contributed by atoms with van der Waals surface area (Å²) >= 11 is 3.31. The zero-order chi connectivity index (χ0) is 17.7. The molecule has 24 heavy (non-hydrogen) atoms. The number of ether oxygens (including phenoxy) is 2.